The molecular weight excluding hydrogens is 574 g/mol. The Morgan fingerprint density at radius 3 is 2.65 bits per heavy atom. The number of imide groups is 1. The number of hydrogen-bond donors (Lipinski definition) is 1. The van der Waals surface area contributed by atoms with Crippen molar-refractivity contribution >= 4 is 50.0 Å². The number of pyridine rings is 1. The first-order chi connectivity index (χ1) is 19.4. The molecule has 2 amide bonds. The molecular formula is C30H24BrN5O4. The van der Waals surface area contributed by atoms with Crippen molar-refractivity contribution in [1.29, 1.82) is 5.26 Å². The number of rotatable bonds is 9. The minimum Gasteiger partial charge on any atom is -0.491 e. The first-order valence-corrected chi connectivity index (χ1v) is 13.5. The molecule has 10 heteroatoms. The molecule has 0 fully saturated rings. The molecule has 1 atom stereocenters. The van der Waals surface area contributed by atoms with E-state index < -0.39 is 17.9 Å². The number of halogens is 1. The Labute approximate surface area is 238 Å². The molecule has 1 aliphatic heterocycles. The number of ether oxygens (including phenoxy) is 1. The normalized spacial score (nSPS) is 13.6. The van der Waals surface area contributed by atoms with Crippen LogP contribution in [0.1, 0.15) is 45.2 Å². The number of fused-ring (bicyclic) bond motifs is 2. The standard InChI is InChI=1S/C30H24BrN5O4/c1-2-36-29(38)23-15-19(16-32)28(26(31)25(23)30(36)39)35-34-24-13-11-18(27-22(24)9-6-14-33-27)10-12-20(37)17-40-21-7-4-3-5-8-21/h3-9,11,13-15,20,37H,2,10,12,17H2,1H3. The number of amides is 2. The van der Waals surface area contributed by atoms with Crippen LogP contribution in [-0.2, 0) is 6.42 Å². The van der Waals surface area contributed by atoms with Crippen LogP contribution < -0.4 is 4.74 Å². The van der Waals surface area contributed by atoms with Crippen molar-refractivity contribution in [3.63, 3.8) is 0 Å². The van der Waals surface area contributed by atoms with Gasteiger partial charge < -0.3 is 9.84 Å². The third-order valence-electron chi connectivity index (χ3n) is 6.63. The maximum atomic E-state index is 12.8. The van der Waals surface area contributed by atoms with Crippen LogP contribution in [0.5, 0.6) is 5.75 Å². The lowest BCUT2D eigenvalue weighted by Crippen LogP contribution is -2.29. The van der Waals surface area contributed by atoms with Gasteiger partial charge in [0.05, 0.1) is 38.5 Å². The number of nitriles is 1. The highest BCUT2D eigenvalue weighted by Crippen LogP contribution is 2.40. The number of carbonyl (C=O) groups is 2. The zero-order chi connectivity index (χ0) is 28.2. The van der Waals surface area contributed by atoms with Crippen molar-refractivity contribution < 1.29 is 19.4 Å². The van der Waals surface area contributed by atoms with Gasteiger partial charge in [-0.15, -0.1) is 10.2 Å². The molecule has 1 unspecified atom stereocenters. The number of hydrogen-bond acceptors (Lipinski definition) is 8. The van der Waals surface area contributed by atoms with Crippen LogP contribution >= 0.6 is 15.9 Å². The van der Waals surface area contributed by atoms with E-state index in [2.05, 4.69) is 37.2 Å². The molecule has 4 aromatic rings. The molecule has 200 valence electrons. The van der Waals surface area contributed by atoms with Crippen molar-refractivity contribution in [2.75, 3.05) is 13.2 Å². The molecule has 1 aliphatic rings. The van der Waals surface area contributed by atoms with E-state index in [-0.39, 0.29) is 40.0 Å². The molecule has 0 radical (unpaired) electrons. The van der Waals surface area contributed by atoms with E-state index in [1.807, 2.05) is 42.5 Å². The summed E-state index contributed by atoms with van der Waals surface area (Å²) in [5.74, 6) is -0.171. The van der Waals surface area contributed by atoms with Gasteiger partial charge in [-0.2, -0.15) is 5.26 Å². The Balaban J connectivity index is 1.39. The van der Waals surface area contributed by atoms with Gasteiger partial charge in [-0.05, 0) is 77.7 Å². The lowest BCUT2D eigenvalue weighted by molar-refractivity contribution is 0.0662. The topological polar surface area (TPSA) is 128 Å². The lowest BCUT2D eigenvalue weighted by atomic mass is 10.0. The fourth-order valence-corrected chi connectivity index (χ4v) is 5.26. The van der Waals surface area contributed by atoms with Crippen molar-refractivity contribution in [2.45, 2.75) is 25.9 Å². The molecule has 0 saturated carbocycles. The second kappa shape index (κ2) is 11.7. The Morgan fingerprint density at radius 2 is 1.90 bits per heavy atom. The molecule has 0 bridgehead atoms. The third kappa shape index (κ3) is 5.21. The second-order valence-corrected chi connectivity index (χ2v) is 9.93. The van der Waals surface area contributed by atoms with E-state index in [9.17, 15) is 20.0 Å². The molecule has 3 aromatic carbocycles. The number of para-hydroxylation sites is 1. The zero-order valence-corrected chi connectivity index (χ0v) is 23.1. The monoisotopic (exact) mass is 597 g/mol. The van der Waals surface area contributed by atoms with Crippen LogP contribution in [-0.4, -0.2) is 46.1 Å². The fraction of sp³-hybridized carbons (Fsp3) is 0.200. The van der Waals surface area contributed by atoms with E-state index in [4.69, 9.17) is 4.74 Å². The maximum Gasteiger partial charge on any atom is 0.262 e. The van der Waals surface area contributed by atoms with Crippen molar-refractivity contribution in [3.05, 3.63) is 93.6 Å². The van der Waals surface area contributed by atoms with Gasteiger partial charge in [-0.1, -0.05) is 24.3 Å². The molecule has 2 heterocycles. The van der Waals surface area contributed by atoms with Gasteiger partial charge in [-0.3, -0.25) is 19.5 Å². The SMILES string of the molecule is CCN1C(=O)c2cc(C#N)c(N=Nc3ccc(CCC(O)COc4ccccc4)c4ncccc34)c(Br)c2C1=O. The lowest BCUT2D eigenvalue weighted by Gasteiger charge is -2.13. The molecule has 40 heavy (non-hydrogen) atoms. The number of benzene rings is 3. The van der Waals surface area contributed by atoms with Crippen LogP contribution in [0.25, 0.3) is 10.9 Å². The summed E-state index contributed by atoms with van der Waals surface area (Å²) < 4.78 is 5.91. The highest BCUT2D eigenvalue weighted by molar-refractivity contribution is 9.10. The second-order valence-electron chi connectivity index (χ2n) is 9.14. The van der Waals surface area contributed by atoms with Crippen LogP contribution in [0.2, 0.25) is 0 Å². The number of aryl methyl sites for hydroxylation is 1. The minimum absolute atomic E-state index is 0.124. The Bertz CT molecular complexity index is 1680. The van der Waals surface area contributed by atoms with Gasteiger partial charge in [-0.25, -0.2) is 0 Å². The van der Waals surface area contributed by atoms with Crippen LogP contribution in [0.3, 0.4) is 0 Å². The van der Waals surface area contributed by atoms with Gasteiger partial charge in [0.25, 0.3) is 11.8 Å². The zero-order valence-electron chi connectivity index (χ0n) is 21.5. The fourth-order valence-electron chi connectivity index (χ4n) is 4.58. The predicted octanol–water partition coefficient (Wildman–Crippen LogP) is 6.27. The van der Waals surface area contributed by atoms with E-state index in [0.29, 0.717) is 24.3 Å². The summed E-state index contributed by atoms with van der Waals surface area (Å²) in [5, 5.41) is 29.7. The Hall–Kier alpha value is -4.46. The van der Waals surface area contributed by atoms with Crippen molar-refractivity contribution in [2.24, 2.45) is 10.2 Å². The highest BCUT2D eigenvalue weighted by atomic mass is 79.9. The maximum absolute atomic E-state index is 12.8. The average molecular weight is 598 g/mol. The summed E-state index contributed by atoms with van der Waals surface area (Å²) in [6.45, 7) is 2.12. The van der Waals surface area contributed by atoms with E-state index in [0.717, 1.165) is 21.4 Å². The van der Waals surface area contributed by atoms with Crippen molar-refractivity contribution in [1.82, 2.24) is 9.88 Å². The Kier molecular flexibility index (Phi) is 7.96. The van der Waals surface area contributed by atoms with Gasteiger partial charge >= 0.3 is 0 Å². The van der Waals surface area contributed by atoms with Crippen LogP contribution in [0.15, 0.2) is 81.6 Å². The number of aromatic nitrogens is 1. The van der Waals surface area contributed by atoms with Crippen molar-refractivity contribution in [3.8, 4) is 11.8 Å². The number of azo groups is 1. The molecule has 0 saturated heterocycles. The number of nitrogens with zero attached hydrogens (tertiary/aromatic N) is 5. The smallest absolute Gasteiger partial charge is 0.262 e. The van der Waals surface area contributed by atoms with E-state index >= 15 is 0 Å². The number of carbonyl (C=O) groups excluding carboxylic acids is 2. The first kappa shape index (κ1) is 27.1. The highest BCUT2D eigenvalue weighted by Gasteiger charge is 2.38. The minimum atomic E-state index is -0.655. The summed E-state index contributed by atoms with van der Waals surface area (Å²) in [7, 11) is 0. The van der Waals surface area contributed by atoms with Crippen LogP contribution in [0, 0.1) is 11.3 Å². The summed E-state index contributed by atoms with van der Waals surface area (Å²) in [5.41, 5.74) is 2.83. The molecule has 5 rings (SSSR count). The summed E-state index contributed by atoms with van der Waals surface area (Å²) in [4.78, 5) is 31.1. The molecule has 1 N–H and O–H groups in total. The molecule has 1 aromatic heterocycles. The van der Waals surface area contributed by atoms with Gasteiger partial charge in [0.15, 0.2) is 0 Å². The number of aliphatic hydroxyl groups is 1. The third-order valence-corrected chi connectivity index (χ3v) is 7.40. The predicted molar refractivity (Wildman–Crippen MR) is 152 cm³/mol. The van der Waals surface area contributed by atoms with Gasteiger partial charge in [0.1, 0.15) is 24.1 Å². The van der Waals surface area contributed by atoms with E-state index in [1.54, 1.807) is 25.3 Å². The quantitative estimate of drug-likeness (QED) is 0.179. The molecule has 0 spiro atoms. The Morgan fingerprint density at radius 1 is 1.10 bits per heavy atom. The van der Waals surface area contributed by atoms with Gasteiger partial charge in [0, 0.05) is 18.1 Å². The largest absolute Gasteiger partial charge is 0.491 e. The first-order valence-electron chi connectivity index (χ1n) is 12.7. The van der Waals surface area contributed by atoms with Crippen LogP contribution in [0.4, 0.5) is 11.4 Å². The molecule has 9 nitrogen and oxygen atoms in total. The average Bonchev–Trinajstić information content (AvgIpc) is 3.23. The summed E-state index contributed by atoms with van der Waals surface area (Å²) in [6, 6.07) is 20.1. The summed E-state index contributed by atoms with van der Waals surface area (Å²) >= 11 is 3.39. The molecule has 0 aliphatic carbocycles. The number of aliphatic hydroxyl groups excluding tert-OH is 1. The van der Waals surface area contributed by atoms with E-state index in [1.165, 1.54) is 6.07 Å². The van der Waals surface area contributed by atoms with Gasteiger partial charge in [0.2, 0.25) is 0 Å². The summed E-state index contributed by atoms with van der Waals surface area (Å²) in [6.07, 6.45) is 2.09.